The molecule has 0 aromatic heterocycles. The fourth-order valence-electron chi connectivity index (χ4n) is 3.44. The molecule has 16 heavy (non-hydrogen) atoms. The summed E-state index contributed by atoms with van der Waals surface area (Å²) in [7, 11) is 0. The first-order chi connectivity index (χ1) is 7.44. The maximum Gasteiger partial charge on any atom is 0.0750 e. The van der Waals surface area contributed by atoms with Crippen LogP contribution in [0.5, 0.6) is 0 Å². The Hall–Kier alpha value is -0.560. The van der Waals surface area contributed by atoms with Gasteiger partial charge < -0.3 is 5.11 Å². The zero-order valence-electron chi connectivity index (χ0n) is 10.8. The van der Waals surface area contributed by atoms with Crippen molar-refractivity contribution in [1.29, 1.82) is 0 Å². The predicted molar refractivity (Wildman–Crippen MR) is 68.2 cm³/mol. The normalized spacial score (nSPS) is 39.5. The number of aliphatic hydroxyl groups excluding tert-OH is 1. The van der Waals surface area contributed by atoms with E-state index in [1.807, 2.05) is 0 Å². The van der Waals surface area contributed by atoms with Crippen molar-refractivity contribution in [3.05, 3.63) is 23.3 Å². The van der Waals surface area contributed by atoms with Gasteiger partial charge in [0.2, 0.25) is 0 Å². The van der Waals surface area contributed by atoms with Crippen molar-refractivity contribution in [2.24, 2.45) is 11.3 Å². The third-order valence-electron chi connectivity index (χ3n) is 4.87. The van der Waals surface area contributed by atoms with Gasteiger partial charge in [-0.05, 0) is 62.9 Å². The van der Waals surface area contributed by atoms with E-state index in [1.165, 1.54) is 29.6 Å². The molecule has 1 N–H and O–H groups in total. The summed E-state index contributed by atoms with van der Waals surface area (Å²) in [6, 6.07) is 0. The molecule has 1 heteroatoms. The van der Waals surface area contributed by atoms with Crippen molar-refractivity contribution in [3.63, 3.8) is 0 Å². The van der Waals surface area contributed by atoms with E-state index >= 15 is 0 Å². The van der Waals surface area contributed by atoms with Gasteiger partial charge in [0.1, 0.15) is 0 Å². The minimum absolute atomic E-state index is 0.188. The summed E-state index contributed by atoms with van der Waals surface area (Å²) in [6.07, 6.45) is 5.59. The average molecular weight is 220 g/mol. The lowest BCUT2D eigenvalue weighted by Crippen LogP contribution is -2.35. The first kappa shape index (κ1) is 11.9. The average Bonchev–Trinajstić information content (AvgIpc) is 2.24. The minimum atomic E-state index is -0.188. The van der Waals surface area contributed by atoms with Crippen LogP contribution in [0.15, 0.2) is 23.3 Å². The summed E-state index contributed by atoms with van der Waals surface area (Å²) in [6.45, 7) is 10.7. The number of allylic oxidation sites excluding steroid dienone is 2. The van der Waals surface area contributed by atoms with E-state index in [0.29, 0.717) is 11.3 Å². The fraction of sp³-hybridized carbons (Fsp3) is 0.733. The van der Waals surface area contributed by atoms with Crippen LogP contribution in [0.1, 0.15) is 52.9 Å². The molecule has 1 nitrogen and oxygen atoms in total. The fourth-order valence-corrected chi connectivity index (χ4v) is 3.44. The van der Waals surface area contributed by atoms with Crippen molar-refractivity contribution in [3.8, 4) is 0 Å². The molecule has 2 rings (SSSR count). The highest BCUT2D eigenvalue weighted by Gasteiger charge is 2.40. The molecule has 1 saturated carbocycles. The summed E-state index contributed by atoms with van der Waals surface area (Å²) >= 11 is 0. The van der Waals surface area contributed by atoms with Gasteiger partial charge in [0.15, 0.2) is 0 Å². The second-order valence-corrected chi connectivity index (χ2v) is 6.06. The van der Waals surface area contributed by atoms with Crippen LogP contribution >= 0.6 is 0 Å². The van der Waals surface area contributed by atoms with Crippen molar-refractivity contribution < 1.29 is 5.11 Å². The second kappa shape index (κ2) is 4.03. The predicted octanol–water partition coefficient (Wildman–Crippen LogP) is 3.84. The molecule has 0 heterocycles. The monoisotopic (exact) mass is 220 g/mol. The molecule has 0 aromatic carbocycles. The Morgan fingerprint density at radius 3 is 2.62 bits per heavy atom. The van der Waals surface area contributed by atoms with Crippen LogP contribution in [0, 0.1) is 11.3 Å². The van der Waals surface area contributed by atoms with Crippen LogP contribution in [-0.2, 0) is 0 Å². The molecule has 0 spiro atoms. The number of aliphatic hydroxyl groups is 1. The number of hydrogen-bond acceptors (Lipinski definition) is 1. The van der Waals surface area contributed by atoms with Crippen molar-refractivity contribution in [1.82, 2.24) is 0 Å². The minimum Gasteiger partial charge on any atom is -0.389 e. The van der Waals surface area contributed by atoms with Crippen LogP contribution in [-0.4, -0.2) is 11.2 Å². The molecule has 90 valence electrons. The third-order valence-corrected chi connectivity index (χ3v) is 4.87. The molecule has 0 bridgehead atoms. The van der Waals surface area contributed by atoms with E-state index in [9.17, 15) is 5.11 Å². The van der Waals surface area contributed by atoms with Crippen LogP contribution in [0.4, 0.5) is 0 Å². The molecule has 0 saturated heterocycles. The molecule has 3 atom stereocenters. The molecule has 0 radical (unpaired) electrons. The largest absolute Gasteiger partial charge is 0.389 e. The molecule has 0 aromatic rings. The summed E-state index contributed by atoms with van der Waals surface area (Å²) in [5.41, 5.74) is 4.46. The first-order valence-corrected chi connectivity index (χ1v) is 6.47. The topological polar surface area (TPSA) is 20.2 Å². The van der Waals surface area contributed by atoms with E-state index in [0.717, 1.165) is 19.3 Å². The van der Waals surface area contributed by atoms with E-state index in [2.05, 4.69) is 27.4 Å². The second-order valence-electron chi connectivity index (χ2n) is 6.06. The highest BCUT2D eigenvalue weighted by molar-refractivity contribution is 5.30. The lowest BCUT2D eigenvalue weighted by molar-refractivity contribution is 0.133. The summed E-state index contributed by atoms with van der Waals surface area (Å²) in [5, 5.41) is 9.98. The van der Waals surface area contributed by atoms with Gasteiger partial charge in [-0.15, -0.1) is 0 Å². The Morgan fingerprint density at radius 1 is 1.38 bits per heavy atom. The van der Waals surface area contributed by atoms with Gasteiger partial charge in [-0.3, -0.25) is 0 Å². The molecular formula is C15H24O. The third kappa shape index (κ3) is 1.86. The maximum atomic E-state index is 9.98. The Bertz CT molecular complexity index is 339. The number of rotatable bonds is 1. The molecular weight excluding hydrogens is 196 g/mol. The van der Waals surface area contributed by atoms with Crippen molar-refractivity contribution in [2.45, 2.75) is 59.0 Å². The summed E-state index contributed by atoms with van der Waals surface area (Å²) in [5.74, 6) is 0.642. The lowest BCUT2D eigenvalue weighted by Gasteiger charge is -2.45. The highest BCUT2D eigenvalue weighted by atomic mass is 16.3. The SMILES string of the molecule is C=C(C)[C@@H]1CC[C@@]2(C)CCC(O)C(C)=C2C1. The molecule has 2 aliphatic rings. The van der Waals surface area contributed by atoms with Gasteiger partial charge in [-0.1, -0.05) is 24.6 Å². The molecule has 1 unspecified atom stereocenters. The standard InChI is InChI=1S/C15H24O/c1-10(2)12-5-7-15(4)8-6-14(16)11(3)13(15)9-12/h12,14,16H,1,5-9H2,2-4H3/t12-,14?,15+/m1/s1. The van der Waals surface area contributed by atoms with Gasteiger partial charge in [0, 0.05) is 0 Å². The van der Waals surface area contributed by atoms with Gasteiger partial charge in [-0.2, -0.15) is 0 Å². The summed E-state index contributed by atoms with van der Waals surface area (Å²) < 4.78 is 0. The van der Waals surface area contributed by atoms with Gasteiger partial charge in [0.25, 0.3) is 0 Å². The van der Waals surface area contributed by atoms with Crippen LogP contribution in [0.3, 0.4) is 0 Å². The zero-order valence-corrected chi connectivity index (χ0v) is 10.8. The molecule has 0 aliphatic heterocycles. The molecule has 2 aliphatic carbocycles. The van der Waals surface area contributed by atoms with E-state index in [4.69, 9.17) is 0 Å². The van der Waals surface area contributed by atoms with Gasteiger partial charge >= 0.3 is 0 Å². The summed E-state index contributed by atoms with van der Waals surface area (Å²) in [4.78, 5) is 0. The molecule has 0 amide bonds. The maximum absolute atomic E-state index is 9.98. The Kier molecular flexibility index (Phi) is 3.00. The van der Waals surface area contributed by atoms with E-state index < -0.39 is 0 Å². The zero-order chi connectivity index (χ0) is 11.9. The first-order valence-electron chi connectivity index (χ1n) is 6.47. The van der Waals surface area contributed by atoms with E-state index in [1.54, 1.807) is 0 Å². The Labute approximate surface area is 99.3 Å². The van der Waals surface area contributed by atoms with Crippen molar-refractivity contribution in [2.75, 3.05) is 0 Å². The Balaban J connectivity index is 2.31. The molecule has 1 fully saturated rings. The van der Waals surface area contributed by atoms with E-state index in [-0.39, 0.29) is 6.10 Å². The van der Waals surface area contributed by atoms with Crippen LogP contribution in [0.2, 0.25) is 0 Å². The Morgan fingerprint density at radius 2 is 2.00 bits per heavy atom. The van der Waals surface area contributed by atoms with Gasteiger partial charge in [-0.25, -0.2) is 0 Å². The highest BCUT2D eigenvalue weighted by Crippen LogP contribution is 2.51. The van der Waals surface area contributed by atoms with Crippen LogP contribution < -0.4 is 0 Å². The lowest BCUT2D eigenvalue weighted by atomic mass is 9.60. The van der Waals surface area contributed by atoms with Gasteiger partial charge in [0.05, 0.1) is 6.10 Å². The number of hydrogen-bond donors (Lipinski definition) is 1. The van der Waals surface area contributed by atoms with Crippen molar-refractivity contribution >= 4 is 0 Å². The smallest absolute Gasteiger partial charge is 0.0750 e. The quantitative estimate of drug-likeness (QED) is 0.666. The number of fused-ring (bicyclic) bond motifs is 1. The van der Waals surface area contributed by atoms with Crippen LogP contribution in [0.25, 0.3) is 0 Å².